The van der Waals surface area contributed by atoms with E-state index in [9.17, 15) is 9.59 Å². The van der Waals surface area contributed by atoms with E-state index in [2.05, 4.69) is 33.9 Å². The first-order valence-electron chi connectivity index (χ1n) is 12.5. The number of thiophene rings is 1. The number of hydrogen-bond acceptors (Lipinski definition) is 5. The summed E-state index contributed by atoms with van der Waals surface area (Å²) in [5, 5.41) is 13.2. The predicted octanol–water partition coefficient (Wildman–Crippen LogP) is 5.46. The summed E-state index contributed by atoms with van der Waals surface area (Å²) in [6.45, 7) is 7.37. The molecule has 4 rings (SSSR count). The van der Waals surface area contributed by atoms with Crippen molar-refractivity contribution < 1.29 is 9.59 Å². The first-order valence-corrected chi connectivity index (χ1v) is 13.4. The van der Waals surface area contributed by atoms with Gasteiger partial charge in [-0.25, -0.2) is 4.68 Å². The number of nitrogens with zero attached hydrogens (tertiary/aromatic N) is 3. The normalized spacial score (nSPS) is 15.1. The molecular formula is C27H35N5O2S. The number of para-hydroxylation sites is 1. The Kier molecular flexibility index (Phi) is 8.23. The third-order valence-corrected chi connectivity index (χ3v) is 7.55. The fourth-order valence-corrected chi connectivity index (χ4v) is 5.45. The monoisotopic (exact) mass is 493 g/mol. The molecule has 0 saturated carbocycles. The molecule has 35 heavy (non-hydrogen) atoms. The number of aryl methyl sites for hydroxylation is 1. The number of rotatable bonds is 9. The standard InChI is InChI=1S/C27H35N5O2S/c1-4-10-22(23-13-9-18-35-23)28-26(34)20-14-16-31(17-15-20)27-25(29-24(33)5-2)19(3)30-32(27)21-11-7-6-8-12-21/h6-9,11-13,18,20,22H,4-5,10,14-17H2,1-3H3,(H,28,34)(H,29,33). The molecule has 1 aromatic carbocycles. The summed E-state index contributed by atoms with van der Waals surface area (Å²) in [7, 11) is 0. The van der Waals surface area contributed by atoms with Crippen LogP contribution in [0.15, 0.2) is 47.8 Å². The van der Waals surface area contributed by atoms with E-state index in [0.29, 0.717) is 6.42 Å². The third kappa shape index (κ3) is 5.75. The Labute approximate surface area is 211 Å². The number of nitrogens with one attached hydrogen (secondary N) is 2. The predicted molar refractivity (Wildman–Crippen MR) is 142 cm³/mol. The summed E-state index contributed by atoms with van der Waals surface area (Å²) in [5.74, 6) is 0.973. The molecule has 1 saturated heterocycles. The SMILES string of the molecule is CCCC(NC(=O)C1CCN(c2c(NC(=O)CC)c(C)nn2-c2ccccc2)CC1)c1cccs1. The largest absolute Gasteiger partial charge is 0.355 e. The minimum absolute atomic E-state index is 0.0200. The van der Waals surface area contributed by atoms with Crippen molar-refractivity contribution >= 4 is 34.7 Å². The molecular weight excluding hydrogens is 458 g/mol. The number of benzene rings is 1. The van der Waals surface area contributed by atoms with E-state index in [4.69, 9.17) is 5.10 Å². The van der Waals surface area contributed by atoms with Crippen molar-refractivity contribution in [3.63, 3.8) is 0 Å². The first kappa shape index (κ1) is 25.0. The Morgan fingerprint density at radius 1 is 1.11 bits per heavy atom. The van der Waals surface area contributed by atoms with E-state index in [1.807, 2.05) is 54.9 Å². The average molecular weight is 494 g/mol. The van der Waals surface area contributed by atoms with Gasteiger partial charge in [0.25, 0.3) is 0 Å². The van der Waals surface area contributed by atoms with Gasteiger partial charge in [-0.05, 0) is 49.8 Å². The molecule has 3 heterocycles. The second-order valence-electron chi connectivity index (χ2n) is 9.06. The highest BCUT2D eigenvalue weighted by molar-refractivity contribution is 7.10. The van der Waals surface area contributed by atoms with Crippen molar-refractivity contribution in [3.05, 3.63) is 58.4 Å². The van der Waals surface area contributed by atoms with Crippen LogP contribution in [-0.4, -0.2) is 34.7 Å². The van der Waals surface area contributed by atoms with Gasteiger partial charge in [0, 0.05) is 30.3 Å². The van der Waals surface area contributed by atoms with E-state index in [1.54, 1.807) is 11.3 Å². The maximum Gasteiger partial charge on any atom is 0.224 e. The molecule has 0 aliphatic carbocycles. The molecule has 2 N–H and O–H groups in total. The van der Waals surface area contributed by atoms with Crippen molar-refractivity contribution in [2.45, 2.75) is 58.9 Å². The number of carbonyl (C=O) groups is 2. The number of carbonyl (C=O) groups excluding carboxylic acids is 2. The molecule has 0 radical (unpaired) electrons. The molecule has 186 valence electrons. The number of piperidine rings is 1. The van der Waals surface area contributed by atoms with Crippen LogP contribution in [0.4, 0.5) is 11.5 Å². The van der Waals surface area contributed by atoms with Crippen LogP contribution in [0, 0.1) is 12.8 Å². The Balaban J connectivity index is 1.51. The zero-order chi connectivity index (χ0) is 24.8. The van der Waals surface area contributed by atoms with E-state index in [0.717, 1.165) is 61.7 Å². The van der Waals surface area contributed by atoms with Gasteiger partial charge >= 0.3 is 0 Å². The molecule has 8 heteroatoms. The molecule has 1 aliphatic heterocycles. The van der Waals surface area contributed by atoms with Gasteiger partial charge in [0.1, 0.15) is 5.69 Å². The molecule has 2 aromatic heterocycles. The smallest absolute Gasteiger partial charge is 0.224 e. The molecule has 2 amide bonds. The Hall–Kier alpha value is -3.13. The second-order valence-corrected chi connectivity index (χ2v) is 10.0. The Morgan fingerprint density at radius 3 is 2.49 bits per heavy atom. The summed E-state index contributed by atoms with van der Waals surface area (Å²) >= 11 is 1.70. The topological polar surface area (TPSA) is 79.3 Å². The third-order valence-electron chi connectivity index (χ3n) is 6.57. The summed E-state index contributed by atoms with van der Waals surface area (Å²) in [6, 6.07) is 14.2. The minimum atomic E-state index is -0.0354. The lowest BCUT2D eigenvalue weighted by molar-refractivity contribution is -0.126. The van der Waals surface area contributed by atoms with Gasteiger partial charge in [-0.2, -0.15) is 5.10 Å². The van der Waals surface area contributed by atoms with Gasteiger partial charge in [-0.3, -0.25) is 9.59 Å². The zero-order valence-electron chi connectivity index (χ0n) is 20.8. The summed E-state index contributed by atoms with van der Waals surface area (Å²) < 4.78 is 1.91. The molecule has 0 spiro atoms. The lowest BCUT2D eigenvalue weighted by Crippen LogP contribution is -2.42. The van der Waals surface area contributed by atoms with E-state index >= 15 is 0 Å². The summed E-state index contributed by atoms with van der Waals surface area (Å²) in [4.78, 5) is 28.9. The number of amides is 2. The van der Waals surface area contributed by atoms with E-state index in [-0.39, 0.29) is 23.8 Å². The molecule has 3 aromatic rings. The lowest BCUT2D eigenvalue weighted by Gasteiger charge is -2.34. The fourth-order valence-electron chi connectivity index (χ4n) is 4.64. The molecule has 0 bridgehead atoms. The number of aromatic nitrogens is 2. The molecule has 1 atom stereocenters. The van der Waals surface area contributed by atoms with Crippen molar-refractivity contribution in [3.8, 4) is 5.69 Å². The highest BCUT2D eigenvalue weighted by atomic mass is 32.1. The van der Waals surface area contributed by atoms with Gasteiger partial charge in [0.15, 0.2) is 5.82 Å². The zero-order valence-corrected chi connectivity index (χ0v) is 21.6. The maximum atomic E-state index is 13.2. The lowest BCUT2D eigenvalue weighted by atomic mass is 9.95. The molecule has 7 nitrogen and oxygen atoms in total. The van der Waals surface area contributed by atoms with Crippen LogP contribution in [0.1, 0.15) is 62.6 Å². The quantitative estimate of drug-likeness (QED) is 0.415. The minimum Gasteiger partial charge on any atom is -0.355 e. The van der Waals surface area contributed by atoms with Crippen LogP contribution in [-0.2, 0) is 9.59 Å². The van der Waals surface area contributed by atoms with Crippen molar-refractivity contribution in [1.82, 2.24) is 15.1 Å². The van der Waals surface area contributed by atoms with Crippen molar-refractivity contribution in [1.29, 1.82) is 0 Å². The van der Waals surface area contributed by atoms with Crippen molar-refractivity contribution in [2.24, 2.45) is 5.92 Å². The van der Waals surface area contributed by atoms with Gasteiger partial charge < -0.3 is 15.5 Å². The number of anilines is 2. The van der Waals surface area contributed by atoms with E-state index < -0.39 is 0 Å². The molecule has 1 aliphatic rings. The van der Waals surface area contributed by atoms with Crippen LogP contribution in [0.5, 0.6) is 0 Å². The first-order chi connectivity index (χ1) is 17.0. The Morgan fingerprint density at radius 2 is 1.86 bits per heavy atom. The molecule has 1 fully saturated rings. The van der Waals surface area contributed by atoms with Crippen LogP contribution >= 0.6 is 11.3 Å². The van der Waals surface area contributed by atoms with E-state index in [1.165, 1.54) is 4.88 Å². The van der Waals surface area contributed by atoms with Crippen LogP contribution in [0.25, 0.3) is 5.69 Å². The number of hydrogen-bond donors (Lipinski definition) is 2. The highest BCUT2D eigenvalue weighted by Crippen LogP contribution is 2.35. The Bertz CT molecular complexity index is 1120. The fraction of sp³-hybridized carbons (Fsp3) is 0.444. The second kappa shape index (κ2) is 11.5. The van der Waals surface area contributed by atoms with Crippen LogP contribution in [0.2, 0.25) is 0 Å². The van der Waals surface area contributed by atoms with Crippen LogP contribution < -0.4 is 15.5 Å². The van der Waals surface area contributed by atoms with Gasteiger partial charge in [-0.15, -0.1) is 11.3 Å². The average Bonchev–Trinajstić information content (AvgIpc) is 3.53. The van der Waals surface area contributed by atoms with Crippen molar-refractivity contribution in [2.75, 3.05) is 23.3 Å². The maximum absolute atomic E-state index is 13.2. The van der Waals surface area contributed by atoms with Gasteiger partial charge in [-0.1, -0.05) is 44.5 Å². The summed E-state index contributed by atoms with van der Waals surface area (Å²) in [5.41, 5.74) is 2.48. The van der Waals surface area contributed by atoms with Crippen LogP contribution in [0.3, 0.4) is 0 Å². The highest BCUT2D eigenvalue weighted by Gasteiger charge is 2.31. The molecule has 1 unspecified atom stereocenters. The summed E-state index contributed by atoms with van der Waals surface area (Å²) in [6.07, 6.45) is 3.89. The van der Waals surface area contributed by atoms with Gasteiger partial charge in [0.2, 0.25) is 11.8 Å². The van der Waals surface area contributed by atoms with Gasteiger partial charge in [0.05, 0.1) is 17.4 Å².